The first-order chi connectivity index (χ1) is 11.2. The Balaban J connectivity index is 2.17. The van der Waals surface area contributed by atoms with Crippen molar-refractivity contribution in [3.8, 4) is 0 Å². The van der Waals surface area contributed by atoms with Crippen LogP contribution in [0.3, 0.4) is 0 Å². The Kier molecular flexibility index (Phi) is 5.94. The van der Waals surface area contributed by atoms with Crippen LogP contribution < -0.4 is 5.32 Å². The van der Waals surface area contributed by atoms with Gasteiger partial charge in [-0.1, -0.05) is 36.4 Å². The number of benzene rings is 2. The van der Waals surface area contributed by atoms with Gasteiger partial charge < -0.3 is 15.2 Å². The lowest BCUT2D eigenvalue weighted by Crippen LogP contribution is -2.23. The molecule has 2 rings (SSSR count). The average Bonchev–Trinajstić information content (AvgIpc) is 2.60. The molecule has 2 atom stereocenters. The Morgan fingerprint density at radius 1 is 1.22 bits per heavy atom. The zero-order valence-electron chi connectivity index (χ0n) is 13.1. The molecule has 0 radical (unpaired) electrons. The summed E-state index contributed by atoms with van der Waals surface area (Å²) in [5.41, 5.74) is 2.25. The summed E-state index contributed by atoms with van der Waals surface area (Å²) < 4.78 is 4.96. The largest absolute Gasteiger partial charge is 0.462 e. The molecule has 2 aromatic carbocycles. The molecule has 2 aromatic rings. The molecule has 23 heavy (non-hydrogen) atoms. The van der Waals surface area contributed by atoms with Crippen molar-refractivity contribution in [3.05, 3.63) is 78.4 Å². The minimum absolute atomic E-state index is 0.317. The summed E-state index contributed by atoms with van der Waals surface area (Å²) in [7, 11) is 0. The molecule has 0 spiro atoms. The van der Waals surface area contributed by atoms with Gasteiger partial charge in [0.25, 0.3) is 0 Å². The number of esters is 1. The van der Waals surface area contributed by atoms with Crippen LogP contribution >= 0.6 is 0 Å². The predicted molar refractivity (Wildman–Crippen MR) is 91.4 cm³/mol. The fourth-order valence-corrected chi connectivity index (χ4v) is 2.26. The molecule has 0 aromatic heterocycles. The third-order valence-corrected chi connectivity index (χ3v) is 3.46. The summed E-state index contributed by atoms with van der Waals surface area (Å²) in [6.45, 7) is 5.78. The number of rotatable bonds is 7. The molecule has 0 aliphatic rings. The molecule has 0 bridgehead atoms. The number of carbonyl (C=O) groups is 1. The lowest BCUT2D eigenvalue weighted by atomic mass is 10.0. The first kappa shape index (κ1) is 16.8. The molecule has 0 aliphatic carbocycles. The number of ether oxygens (including phenoxy) is 1. The van der Waals surface area contributed by atoms with Gasteiger partial charge in [-0.2, -0.15) is 0 Å². The van der Waals surface area contributed by atoms with Crippen LogP contribution in [-0.2, 0) is 4.74 Å². The van der Waals surface area contributed by atoms with Gasteiger partial charge in [0.15, 0.2) is 0 Å². The van der Waals surface area contributed by atoms with Gasteiger partial charge in [0.1, 0.15) is 0 Å². The minimum Gasteiger partial charge on any atom is -0.462 e. The van der Waals surface area contributed by atoms with E-state index in [1.165, 1.54) is 6.08 Å². The standard InChI is InChI=1S/C19H21NO3/c1-3-17(21)18(14-8-6-5-7-9-14)20-16-12-10-15(11-13-16)19(22)23-4-2/h3,5-13,17-18,20-21H,1,4H2,2H3. The topological polar surface area (TPSA) is 58.6 Å². The molecule has 0 saturated carbocycles. The van der Waals surface area contributed by atoms with Gasteiger partial charge in [0.05, 0.1) is 24.3 Å². The quantitative estimate of drug-likeness (QED) is 0.606. The predicted octanol–water partition coefficient (Wildman–Crippen LogP) is 3.56. The smallest absolute Gasteiger partial charge is 0.338 e. The third-order valence-electron chi connectivity index (χ3n) is 3.46. The summed E-state index contributed by atoms with van der Waals surface area (Å²) in [6.07, 6.45) is 0.764. The zero-order chi connectivity index (χ0) is 16.7. The van der Waals surface area contributed by atoms with Gasteiger partial charge in [0.2, 0.25) is 0 Å². The molecule has 2 unspecified atom stereocenters. The number of aliphatic hydroxyl groups excluding tert-OH is 1. The van der Waals surface area contributed by atoms with Crippen molar-refractivity contribution in [2.75, 3.05) is 11.9 Å². The molecule has 0 aliphatic heterocycles. The van der Waals surface area contributed by atoms with Crippen LogP contribution in [0.5, 0.6) is 0 Å². The molecule has 120 valence electrons. The molecule has 0 amide bonds. The highest BCUT2D eigenvalue weighted by Gasteiger charge is 2.18. The maximum Gasteiger partial charge on any atom is 0.338 e. The number of hydrogen-bond donors (Lipinski definition) is 2. The summed E-state index contributed by atoms with van der Waals surface area (Å²) >= 11 is 0. The SMILES string of the molecule is C=CC(O)C(Nc1ccc(C(=O)OCC)cc1)c1ccccc1. The molecule has 4 nitrogen and oxygen atoms in total. The second-order valence-electron chi connectivity index (χ2n) is 5.06. The number of aliphatic hydroxyl groups is 1. The van der Waals surface area contributed by atoms with Crippen molar-refractivity contribution in [2.45, 2.75) is 19.1 Å². The van der Waals surface area contributed by atoms with Crippen molar-refractivity contribution >= 4 is 11.7 Å². The average molecular weight is 311 g/mol. The fourth-order valence-electron chi connectivity index (χ4n) is 2.26. The van der Waals surface area contributed by atoms with Gasteiger partial charge in [-0.15, -0.1) is 6.58 Å². The highest BCUT2D eigenvalue weighted by atomic mass is 16.5. The van der Waals surface area contributed by atoms with Crippen molar-refractivity contribution in [1.82, 2.24) is 0 Å². The van der Waals surface area contributed by atoms with Gasteiger partial charge >= 0.3 is 5.97 Å². The van der Waals surface area contributed by atoms with E-state index in [9.17, 15) is 9.90 Å². The Morgan fingerprint density at radius 2 is 1.87 bits per heavy atom. The Bertz CT molecular complexity index is 637. The van der Waals surface area contributed by atoms with E-state index >= 15 is 0 Å². The molecule has 0 heterocycles. The van der Waals surface area contributed by atoms with E-state index in [-0.39, 0.29) is 12.0 Å². The van der Waals surface area contributed by atoms with Crippen LogP contribution in [0.2, 0.25) is 0 Å². The van der Waals surface area contributed by atoms with E-state index in [1.54, 1.807) is 31.2 Å². The van der Waals surface area contributed by atoms with E-state index < -0.39 is 6.10 Å². The van der Waals surface area contributed by atoms with Crippen LogP contribution in [0.25, 0.3) is 0 Å². The monoisotopic (exact) mass is 311 g/mol. The second kappa shape index (κ2) is 8.15. The summed E-state index contributed by atoms with van der Waals surface area (Å²) in [5, 5.41) is 13.5. The van der Waals surface area contributed by atoms with Crippen LogP contribution in [0, 0.1) is 0 Å². The third kappa shape index (κ3) is 4.44. The number of carbonyl (C=O) groups excluding carboxylic acids is 1. The van der Waals surface area contributed by atoms with E-state index in [4.69, 9.17) is 4.74 Å². The number of hydrogen-bond acceptors (Lipinski definition) is 4. The molecule has 4 heteroatoms. The van der Waals surface area contributed by atoms with E-state index in [1.807, 2.05) is 30.3 Å². The summed E-state index contributed by atoms with van der Waals surface area (Å²) in [6, 6.07) is 16.3. The Morgan fingerprint density at radius 3 is 2.43 bits per heavy atom. The second-order valence-corrected chi connectivity index (χ2v) is 5.06. The first-order valence-corrected chi connectivity index (χ1v) is 7.55. The van der Waals surface area contributed by atoms with Crippen molar-refractivity contribution in [3.63, 3.8) is 0 Å². The van der Waals surface area contributed by atoms with E-state index in [0.29, 0.717) is 12.2 Å². The van der Waals surface area contributed by atoms with Crippen molar-refractivity contribution in [1.29, 1.82) is 0 Å². The normalized spacial score (nSPS) is 13.0. The van der Waals surface area contributed by atoms with Gasteiger partial charge in [-0.3, -0.25) is 0 Å². The maximum atomic E-state index is 11.7. The van der Waals surface area contributed by atoms with Crippen LogP contribution in [0.15, 0.2) is 67.3 Å². The van der Waals surface area contributed by atoms with Gasteiger partial charge in [-0.25, -0.2) is 4.79 Å². The maximum absolute atomic E-state index is 11.7. The highest BCUT2D eigenvalue weighted by Crippen LogP contribution is 2.23. The number of anilines is 1. The van der Waals surface area contributed by atoms with Gasteiger partial charge in [0, 0.05) is 5.69 Å². The van der Waals surface area contributed by atoms with Crippen LogP contribution in [0.1, 0.15) is 28.9 Å². The zero-order valence-corrected chi connectivity index (χ0v) is 13.1. The lowest BCUT2D eigenvalue weighted by molar-refractivity contribution is 0.0526. The molecular formula is C19H21NO3. The van der Waals surface area contributed by atoms with Crippen LogP contribution in [0.4, 0.5) is 5.69 Å². The van der Waals surface area contributed by atoms with E-state index in [0.717, 1.165) is 11.3 Å². The molecule has 2 N–H and O–H groups in total. The Hall–Kier alpha value is -2.59. The summed E-state index contributed by atoms with van der Waals surface area (Å²) in [5.74, 6) is -0.343. The van der Waals surface area contributed by atoms with E-state index in [2.05, 4.69) is 11.9 Å². The Labute approximate surface area is 136 Å². The number of nitrogens with one attached hydrogen (secondary N) is 1. The van der Waals surface area contributed by atoms with Crippen molar-refractivity contribution < 1.29 is 14.6 Å². The molecule has 0 fully saturated rings. The fraction of sp³-hybridized carbons (Fsp3) is 0.211. The van der Waals surface area contributed by atoms with Crippen LogP contribution in [-0.4, -0.2) is 23.8 Å². The lowest BCUT2D eigenvalue weighted by Gasteiger charge is -2.23. The minimum atomic E-state index is -0.734. The highest BCUT2D eigenvalue weighted by molar-refractivity contribution is 5.89. The van der Waals surface area contributed by atoms with Crippen molar-refractivity contribution in [2.24, 2.45) is 0 Å². The van der Waals surface area contributed by atoms with Gasteiger partial charge in [-0.05, 0) is 36.8 Å². The molecular weight excluding hydrogens is 290 g/mol. The molecule has 0 saturated heterocycles. The summed E-state index contributed by atoms with van der Waals surface area (Å²) in [4.78, 5) is 11.7. The first-order valence-electron chi connectivity index (χ1n) is 7.55.